The summed E-state index contributed by atoms with van der Waals surface area (Å²) in [4.78, 5) is 25.2. The van der Waals surface area contributed by atoms with Gasteiger partial charge in [-0.25, -0.2) is 4.79 Å². The van der Waals surface area contributed by atoms with Gasteiger partial charge in [-0.3, -0.25) is 4.79 Å². The molecule has 7 heteroatoms. The summed E-state index contributed by atoms with van der Waals surface area (Å²) in [6.45, 7) is 2.44. The van der Waals surface area contributed by atoms with Crippen LogP contribution in [0, 0.1) is 0 Å². The highest BCUT2D eigenvalue weighted by Crippen LogP contribution is 2.32. The fraction of sp³-hybridized carbons (Fsp3) is 0.167. The quantitative estimate of drug-likeness (QED) is 0.595. The number of hydrogen-bond acceptors (Lipinski definition) is 6. The zero-order valence-electron chi connectivity index (χ0n) is 16.9. The topological polar surface area (TPSA) is 83.1 Å². The number of esters is 1. The molecule has 3 aromatic carbocycles. The van der Waals surface area contributed by atoms with Gasteiger partial charge in [0, 0.05) is 11.8 Å². The van der Waals surface area contributed by atoms with Gasteiger partial charge in [0.05, 0.1) is 0 Å². The Morgan fingerprint density at radius 3 is 2.42 bits per heavy atom. The van der Waals surface area contributed by atoms with Crippen molar-refractivity contribution < 1.29 is 28.5 Å². The van der Waals surface area contributed by atoms with Crippen LogP contribution in [0.1, 0.15) is 17.3 Å². The second-order valence-electron chi connectivity index (χ2n) is 6.81. The number of rotatable bonds is 6. The maximum absolute atomic E-state index is 12.7. The fourth-order valence-corrected chi connectivity index (χ4v) is 2.98. The van der Waals surface area contributed by atoms with E-state index in [1.165, 1.54) is 6.92 Å². The molecule has 0 radical (unpaired) electrons. The molecule has 0 aromatic heterocycles. The molecule has 0 spiro atoms. The Bertz CT molecular complexity index is 1080. The van der Waals surface area contributed by atoms with Gasteiger partial charge in [0.25, 0.3) is 5.91 Å². The molecule has 158 valence electrons. The van der Waals surface area contributed by atoms with Crippen molar-refractivity contribution in [2.45, 2.75) is 13.0 Å². The highest BCUT2D eigenvalue weighted by molar-refractivity contribution is 5.98. The molecule has 0 saturated carbocycles. The lowest BCUT2D eigenvalue weighted by molar-refractivity contribution is -0.123. The van der Waals surface area contributed by atoms with E-state index in [0.717, 1.165) is 0 Å². The van der Waals surface area contributed by atoms with E-state index in [1.807, 2.05) is 18.2 Å². The van der Waals surface area contributed by atoms with E-state index in [0.29, 0.717) is 41.9 Å². The first-order chi connectivity index (χ1) is 15.1. The number of para-hydroxylation sites is 2. The van der Waals surface area contributed by atoms with E-state index in [9.17, 15) is 9.59 Å². The van der Waals surface area contributed by atoms with Crippen LogP contribution in [0.15, 0.2) is 72.8 Å². The number of ether oxygens (including phenoxy) is 4. The molecule has 31 heavy (non-hydrogen) atoms. The van der Waals surface area contributed by atoms with Gasteiger partial charge in [-0.05, 0) is 43.3 Å². The lowest BCUT2D eigenvalue weighted by Crippen LogP contribution is -2.30. The first-order valence-corrected chi connectivity index (χ1v) is 9.83. The summed E-state index contributed by atoms with van der Waals surface area (Å²) in [5.41, 5.74) is 0.746. The second kappa shape index (κ2) is 9.21. The first kappa shape index (κ1) is 20.3. The van der Waals surface area contributed by atoms with Crippen molar-refractivity contribution in [2.75, 3.05) is 18.5 Å². The van der Waals surface area contributed by atoms with Gasteiger partial charge in [-0.2, -0.15) is 0 Å². The normalized spacial score (nSPS) is 13.1. The van der Waals surface area contributed by atoms with Gasteiger partial charge in [0.2, 0.25) is 0 Å². The molecule has 1 heterocycles. The van der Waals surface area contributed by atoms with Crippen molar-refractivity contribution in [3.8, 4) is 23.0 Å². The average Bonchev–Trinajstić information content (AvgIpc) is 2.80. The Labute approximate surface area is 179 Å². The molecule has 0 bridgehead atoms. The predicted molar refractivity (Wildman–Crippen MR) is 114 cm³/mol. The van der Waals surface area contributed by atoms with Crippen molar-refractivity contribution in [1.29, 1.82) is 0 Å². The number of benzene rings is 3. The highest BCUT2D eigenvalue weighted by atomic mass is 16.6. The maximum atomic E-state index is 12.7. The fourth-order valence-electron chi connectivity index (χ4n) is 2.98. The van der Waals surface area contributed by atoms with Crippen molar-refractivity contribution >= 4 is 17.6 Å². The molecule has 3 aromatic rings. The van der Waals surface area contributed by atoms with Crippen LogP contribution in [0.25, 0.3) is 0 Å². The number of carbonyl (C=O) groups is 2. The van der Waals surface area contributed by atoms with E-state index in [-0.39, 0.29) is 5.56 Å². The molecule has 0 aliphatic carbocycles. The third kappa shape index (κ3) is 4.95. The molecule has 1 atom stereocenters. The van der Waals surface area contributed by atoms with Crippen LogP contribution in [0.5, 0.6) is 23.0 Å². The number of hydrogen-bond donors (Lipinski definition) is 1. The van der Waals surface area contributed by atoms with Crippen LogP contribution in [0.2, 0.25) is 0 Å². The van der Waals surface area contributed by atoms with Crippen LogP contribution in [0.3, 0.4) is 0 Å². The van der Waals surface area contributed by atoms with Gasteiger partial charge in [0.1, 0.15) is 30.3 Å². The van der Waals surface area contributed by atoms with Gasteiger partial charge >= 0.3 is 5.97 Å². The Hall–Kier alpha value is -4.00. The van der Waals surface area contributed by atoms with Gasteiger partial charge < -0.3 is 24.3 Å². The lowest BCUT2D eigenvalue weighted by atomic mass is 10.2. The predicted octanol–water partition coefficient (Wildman–Crippen LogP) is 4.43. The van der Waals surface area contributed by atoms with E-state index < -0.39 is 18.0 Å². The molecule has 1 aliphatic rings. The average molecular weight is 419 g/mol. The summed E-state index contributed by atoms with van der Waals surface area (Å²) in [5.74, 6) is 0.993. The van der Waals surface area contributed by atoms with Crippen LogP contribution in [-0.4, -0.2) is 31.2 Å². The maximum Gasteiger partial charge on any atom is 0.342 e. The number of amides is 1. The molecule has 0 fully saturated rings. The van der Waals surface area contributed by atoms with Crippen molar-refractivity contribution in [3.05, 3.63) is 78.4 Å². The molecule has 4 rings (SSSR count). The van der Waals surface area contributed by atoms with Crippen molar-refractivity contribution in [3.63, 3.8) is 0 Å². The third-order valence-corrected chi connectivity index (χ3v) is 4.54. The van der Waals surface area contributed by atoms with Crippen LogP contribution in [-0.2, 0) is 9.53 Å². The van der Waals surface area contributed by atoms with Crippen LogP contribution in [0.4, 0.5) is 5.69 Å². The molecule has 7 nitrogen and oxygen atoms in total. The van der Waals surface area contributed by atoms with E-state index in [1.54, 1.807) is 54.6 Å². The zero-order chi connectivity index (χ0) is 21.6. The number of fused-ring (bicyclic) bond motifs is 1. The molecule has 1 N–H and O–H groups in total. The van der Waals surface area contributed by atoms with Crippen LogP contribution >= 0.6 is 0 Å². The molecular formula is C24H21NO6. The number of carbonyl (C=O) groups excluding carboxylic acids is 2. The smallest absolute Gasteiger partial charge is 0.342 e. The Morgan fingerprint density at radius 1 is 0.903 bits per heavy atom. The minimum absolute atomic E-state index is 0.227. The third-order valence-electron chi connectivity index (χ3n) is 4.54. The molecule has 0 unspecified atom stereocenters. The van der Waals surface area contributed by atoms with E-state index >= 15 is 0 Å². The van der Waals surface area contributed by atoms with Crippen molar-refractivity contribution in [2.24, 2.45) is 0 Å². The lowest BCUT2D eigenvalue weighted by Gasteiger charge is -2.19. The largest absolute Gasteiger partial charge is 0.486 e. The Balaban J connectivity index is 1.41. The molecule has 1 aliphatic heterocycles. The minimum Gasteiger partial charge on any atom is -0.486 e. The second-order valence-corrected chi connectivity index (χ2v) is 6.81. The summed E-state index contributed by atoms with van der Waals surface area (Å²) in [5, 5.41) is 2.72. The minimum atomic E-state index is -1.02. The summed E-state index contributed by atoms with van der Waals surface area (Å²) >= 11 is 0. The van der Waals surface area contributed by atoms with Gasteiger partial charge in [-0.15, -0.1) is 0 Å². The monoisotopic (exact) mass is 419 g/mol. The number of nitrogens with one attached hydrogen (secondary N) is 1. The summed E-state index contributed by atoms with van der Waals surface area (Å²) in [6.07, 6.45) is -1.02. The van der Waals surface area contributed by atoms with Crippen LogP contribution < -0.4 is 19.5 Å². The molecule has 0 saturated heterocycles. The summed E-state index contributed by atoms with van der Waals surface area (Å²) in [6, 6.07) is 20.9. The molecular weight excluding hydrogens is 398 g/mol. The summed E-state index contributed by atoms with van der Waals surface area (Å²) < 4.78 is 22.2. The Kier molecular flexibility index (Phi) is 6.03. The highest BCUT2D eigenvalue weighted by Gasteiger charge is 2.22. The first-order valence-electron chi connectivity index (χ1n) is 9.83. The zero-order valence-corrected chi connectivity index (χ0v) is 16.9. The summed E-state index contributed by atoms with van der Waals surface area (Å²) in [7, 11) is 0. The SMILES string of the molecule is C[C@H](OC(=O)c1ccccc1Oc1ccccc1)C(=O)Nc1ccc2c(c1)OCCO2. The van der Waals surface area contributed by atoms with Gasteiger partial charge in [0.15, 0.2) is 17.6 Å². The van der Waals surface area contributed by atoms with Crippen molar-refractivity contribution in [1.82, 2.24) is 0 Å². The number of anilines is 1. The standard InChI is InChI=1S/C24H21NO6/c1-16(23(26)25-17-11-12-21-22(15-17)29-14-13-28-21)30-24(27)19-9-5-6-10-20(19)31-18-7-3-2-4-8-18/h2-12,15-16H,13-14H2,1H3,(H,25,26)/t16-/m0/s1. The molecule has 1 amide bonds. The van der Waals surface area contributed by atoms with Gasteiger partial charge in [-0.1, -0.05) is 30.3 Å². The Morgan fingerprint density at radius 2 is 1.61 bits per heavy atom. The van der Waals surface area contributed by atoms with E-state index in [4.69, 9.17) is 18.9 Å². The van der Waals surface area contributed by atoms with E-state index in [2.05, 4.69) is 5.32 Å².